The van der Waals surface area contributed by atoms with E-state index in [1.54, 1.807) is 31.5 Å². The Labute approximate surface area is 182 Å². The maximum Gasteiger partial charge on any atom is 0.340 e. The van der Waals surface area contributed by atoms with Crippen molar-refractivity contribution in [1.29, 1.82) is 0 Å². The lowest BCUT2D eigenvalue weighted by Crippen LogP contribution is -2.21. The summed E-state index contributed by atoms with van der Waals surface area (Å²) in [7, 11) is 1.35. The molecule has 0 bridgehead atoms. The first kappa shape index (κ1) is 22.3. The summed E-state index contributed by atoms with van der Waals surface area (Å²) in [6.07, 6.45) is 9.60. The summed E-state index contributed by atoms with van der Waals surface area (Å²) in [5, 5.41) is 3.32. The Morgan fingerprint density at radius 2 is 2.26 bits per heavy atom. The number of esters is 1. The minimum absolute atomic E-state index is 0.177. The van der Waals surface area contributed by atoms with Gasteiger partial charge >= 0.3 is 5.97 Å². The quantitative estimate of drug-likeness (QED) is 0.337. The molecule has 0 saturated carbocycles. The number of fused-ring (bicyclic) bond motifs is 1. The van der Waals surface area contributed by atoms with Gasteiger partial charge in [0, 0.05) is 24.2 Å². The predicted octanol–water partition coefficient (Wildman–Crippen LogP) is 5.68. The third kappa shape index (κ3) is 5.20. The van der Waals surface area contributed by atoms with E-state index in [1.165, 1.54) is 13.2 Å². The average molecular weight is 423 g/mol. The number of ether oxygens (including phenoxy) is 2. The monoisotopic (exact) mass is 422 g/mol. The molecule has 162 valence electrons. The molecule has 31 heavy (non-hydrogen) atoms. The summed E-state index contributed by atoms with van der Waals surface area (Å²) in [6, 6.07) is 7.43. The molecule has 1 N–H and O–H groups in total. The van der Waals surface area contributed by atoms with Gasteiger partial charge in [0.25, 0.3) is 0 Å². The molecule has 0 saturated heterocycles. The van der Waals surface area contributed by atoms with E-state index >= 15 is 0 Å². The number of nitrogens with one attached hydrogen (secondary N) is 1. The van der Waals surface area contributed by atoms with Gasteiger partial charge in [0.1, 0.15) is 11.6 Å². The van der Waals surface area contributed by atoms with Crippen LogP contribution in [0.1, 0.15) is 47.2 Å². The Kier molecular flexibility index (Phi) is 7.60. The molecule has 1 aliphatic heterocycles. The van der Waals surface area contributed by atoms with Gasteiger partial charge in [0.2, 0.25) is 0 Å². The topological polar surface area (TPSA) is 60.5 Å². The zero-order valence-electron chi connectivity index (χ0n) is 17.9. The molecule has 2 heterocycles. The van der Waals surface area contributed by atoms with Crippen LogP contribution in [0.4, 0.5) is 10.1 Å². The second kappa shape index (κ2) is 10.6. The van der Waals surface area contributed by atoms with Gasteiger partial charge in [-0.25, -0.2) is 9.18 Å². The summed E-state index contributed by atoms with van der Waals surface area (Å²) in [6.45, 7) is 6.56. The van der Waals surface area contributed by atoms with Gasteiger partial charge in [0.05, 0.1) is 31.2 Å². The standard InChI is InChI=1S/C25H27FN2O3/c1-4-6-7-19(22(26)5-2)17-8-9-20-18(11-13-31-24(20)14-17)15-28-23-16-27-12-10-21(23)25(29)30-3/h4-5,7-10,12,14,16,18,28H,1,6,11,13,15H2,2-3H3/b19-7-,22-5+. The van der Waals surface area contributed by atoms with Gasteiger partial charge < -0.3 is 14.8 Å². The van der Waals surface area contributed by atoms with Gasteiger partial charge in [-0.2, -0.15) is 0 Å². The van der Waals surface area contributed by atoms with Crippen molar-refractivity contribution in [2.24, 2.45) is 0 Å². The van der Waals surface area contributed by atoms with Crippen LogP contribution in [0.3, 0.4) is 0 Å². The van der Waals surface area contributed by atoms with E-state index in [0.717, 1.165) is 23.3 Å². The van der Waals surface area contributed by atoms with Crippen LogP contribution in [0.5, 0.6) is 5.75 Å². The number of rotatable bonds is 8. The molecule has 1 atom stereocenters. The molecule has 1 aromatic heterocycles. The average Bonchev–Trinajstić information content (AvgIpc) is 2.82. The van der Waals surface area contributed by atoms with Gasteiger partial charge in [0.15, 0.2) is 0 Å². The first-order chi connectivity index (χ1) is 15.1. The van der Waals surface area contributed by atoms with Crippen molar-refractivity contribution in [3.8, 4) is 5.75 Å². The van der Waals surface area contributed by atoms with Crippen molar-refractivity contribution < 1.29 is 18.7 Å². The summed E-state index contributed by atoms with van der Waals surface area (Å²) < 4.78 is 25.2. The van der Waals surface area contributed by atoms with Crippen LogP contribution in [0, 0.1) is 0 Å². The zero-order chi connectivity index (χ0) is 22.2. The number of methoxy groups -OCH3 is 1. The fraction of sp³-hybridized carbons (Fsp3) is 0.280. The minimum atomic E-state index is -0.410. The van der Waals surface area contributed by atoms with Gasteiger partial charge in [-0.3, -0.25) is 4.98 Å². The molecule has 6 heteroatoms. The number of aromatic nitrogens is 1. The van der Waals surface area contributed by atoms with E-state index in [0.29, 0.717) is 36.4 Å². The maximum absolute atomic E-state index is 14.4. The van der Waals surface area contributed by atoms with E-state index in [1.807, 2.05) is 24.3 Å². The highest BCUT2D eigenvalue weighted by Crippen LogP contribution is 2.37. The highest BCUT2D eigenvalue weighted by molar-refractivity contribution is 5.95. The summed E-state index contributed by atoms with van der Waals surface area (Å²) in [5.74, 6) is 0.244. The third-order valence-corrected chi connectivity index (χ3v) is 5.25. The molecule has 1 unspecified atom stereocenters. The fourth-order valence-electron chi connectivity index (χ4n) is 3.61. The largest absolute Gasteiger partial charge is 0.493 e. The van der Waals surface area contributed by atoms with Gasteiger partial charge in [-0.1, -0.05) is 30.4 Å². The molecule has 1 aliphatic rings. The van der Waals surface area contributed by atoms with Crippen molar-refractivity contribution in [3.05, 3.63) is 84.0 Å². The number of nitrogens with zero attached hydrogens (tertiary/aromatic N) is 1. The van der Waals surface area contributed by atoms with Crippen LogP contribution < -0.4 is 10.1 Å². The predicted molar refractivity (Wildman–Crippen MR) is 121 cm³/mol. The Hall–Kier alpha value is -3.41. The lowest BCUT2D eigenvalue weighted by atomic mass is 9.90. The van der Waals surface area contributed by atoms with Crippen molar-refractivity contribution in [2.45, 2.75) is 25.7 Å². The van der Waals surface area contributed by atoms with E-state index in [-0.39, 0.29) is 11.7 Å². The number of carbonyl (C=O) groups excluding carboxylic acids is 1. The second-order valence-corrected chi connectivity index (χ2v) is 7.16. The number of pyridine rings is 1. The number of allylic oxidation sites excluding steroid dienone is 5. The number of anilines is 1. The number of benzene rings is 1. The molecule has 3 rings (SSSR count). The van der Waals surface area contributed by atoms with Crippen molar-refractivity contribution in [1.82, 2.24) is 4.98 Å². The Balaban J connectivity index is 1.83. The molecular weight excluding hydrogens is 395 g/mol. The third-order valence-electron chi connectivity index (χ3n) is 5.25. The number of hydrogen-bond donors (Lipinski definition) is 1. The van der Waals surface area contributed by atoms with E-state index in [4.69, 9.17) is 9.47 Å². The first-order valence-electron chi connectivity index (χ1n) is 10.3. The van der Waals surface area contributed by atoms with Gasteiger partial charge in [-0.05, 0) is 43.0 Å². The molecule has 2 aromatic rings. The molecule has 1 aromatic carbocycles. The second-order valence-electron chi connectivity index (χ2n) is 7.16. The highest BCUT2D eigenvalue weighted by atomic mass is 19.1. The smallest absolute Gasteiger partial charge is 0.340 e. The molecule has 5 nitrogen and oxygen atoms in total. The SMILES string of the molecule is C=CC/C=C(\C(F)=C/C)c1ccc2c(c1)OCCC2CNc1cnccc1C(=O)OC. The molecule has 0 aliphatic carbocycles. The molecule has 0 spiro atoms. The van der Waals surface area contributed by atoms with E-state index in [9.17, 15) is 9.18 Å². The molecule has 0 fully saturated rings. The lowest BCUT2D eigenvalue weighted by molar-refractivity contribution is 0.0601. The number of halogens is 1. The van der Waals surface area contributed by atoms with E-state index < -0.39 is 5.97 Å². The Bertz CT molecular complexity index is 1010. The van der Waals surface area contributed by atoms with Crippen LogP contribution >= 0.6 is 0 Å². The Morgan fingerprint density at radius 1 is 1.42 bits per heavy atom. The van der Waals surface area contributed by atoms with Crippen molar-refractivity contribution in [3.63, 3.8) is 0 Å². The number of hydrogen-bond acceptors (Lipinski definition) is 5. The molecular formula is C25H27FN2O3. The summed E-state index contributed by atoms with van der Waals surface area (Å²) in [5.41, 5.74) is 3.43. The van der Waals surface area contributed by atoms with Crippen LogP contribution in [0.15, 0.2) is 67.3 Å². The minimum Gasteiger partial charge on any atom is -0.493 e. The highest BCUT2D eigenvalue weighted by Gasteiger charge is 2.23. The van der Waals surface area contributed by atoms with Crippen molar-refractivity contribution in [2.75, 3.05) is 25.6 Å². The van der Waals surface area contributed by atoms with Crippen LogP contribution in [0.2, 0.25) is 0 Å². The summed E-state index contributed by atoms with van der Waals surface area (Å²) >= 11 is 0. The lowest BCUT2D eigenvalue weighted by Gasteiger charge is -2.27. The fourth-order valence-corrected chi connectivity index (χ4v) is 3.61. The van der Waals surface area contributed by atoms with Crippen LogP contribution in [-0.4, -0.2) is 31.2 Å². The van der Waals surface area contributed by atoms with Crippen LogP contribution in [0.25, 0.3) is 5.57 Å². The summed E-state index contributed by atoms with van der Waals surface area (Å²) in [4.78, 5) is 16.1. The zero-order valence-corrected chi connectivity index (χ0v) is 17.9. The molecule has 0 radical (unpaired) electrons. The van der Waals surface area contributed by atoms with E-state index in [2.05, 4.69) is 16.9 Å². The van der Waals surface area contributed by atoms with Gasteiger partial charge in [-0.15, -0.1) is 6.58 Å². The van der Waals surface area contributed by atoms with Crippen LogP contribution in [-0.2, 0) is 4.74 Å². The molecule has 0 amide bonds. The maximum atomic E-state index is 14.4. The van der Waals surface area contributed by atoms with Crippen molar-refractivity contribution >= 4 is 17.2 Å². The normalized spacial score (nSPS) is 16.2. The Morgan fingerprint density at radius 3 is 3.00 bits per heavy atom. The number of carbonyl (C=O) groups is 1. The first-order valence-corrected chi connectivity index (χ1v) is 10.3.